The van der Waals surface area contributed by atoms with Gasteiger partial charge in [0.05, 0.1) is 0 Å². The van der Waals surface area contributed by atoms with E-state index in [0.29, 0.717) is 24.7 Å². The summed E-state index contributed by atoms with van der Waals surface area (Å²) in [6.45, 7) is 0. The van der Waals surface area contributed by atoms with Crippen LogP contribution in [0, 0.1) is 11.8 Å². The second-order valence-corrected chi connectivity index (χ2v) is 6.00. The Kier molecular flexibility index (Phi) is 3.73. The fraction of sp³-hybridized carbons (Fsp3) is 0.769. The molecule has 2 saturated carbocycles. The first kappa shape index (κ1) is 12.9. The fourth-order valence-electron chi connectivity index (χ4n) is 3.64. The Labute approximate surface area is 117 Å². The van der Waals surface area contributed by atoms with Gasteiger partial charge in [0.15, 0.2) is 0 Å². The van der Waals surface area contributed by atoms with Crippen LogP contribution in [0.1, 0.15) is 44.3 Å². The number of aryl methyl sites for hydroxylation is 1. The van der Waals surface area contributed by atoms with Crippen molar-refractivity contribution in [3.05, 3.63) is 11.1 Å². The van der Waals surface area contributed by atoms with Gasteiger partial charge in [-0.05, 0) is 42.7 Å². The van der Waals surface area contributed by atoms with E-state index in [4.69, 9.17) is 11.6 Å². The van der Waals surface area contributed by atoms with Gasteiger partial charge in [-0.2, -0.15) is 0 Å². The average molecular weight is 283 g/mol. The molecular weight excluding hydrogens is 264 g/mol. The summed E-state index contributed by atoms with van der Waals surface area (Å²) in [6.07, 6.45) is 7.41. The number of rotatable bonds is 4. The van der Waals surface area contributed by atoms with Gasteiger partial charge in [-0.15, -0.1) is 5.10 Å². The number of carbonyl (C=O) groups is 1. The van der Waals surface area contributed by atoms with Crippen molar-refractivity contribution in [3.8, 4) is 0 Å². The molecule has 2 fully saturated rings. The van der Waals surface area contributed by atoms with Crippen LogP contribution < -0.4 is 5.32 Å². The molecule has 0 radical (unpaired) electrons. The standard InChI is InChI=1S/C13H19ClN4O/c14-13-16-11(17-18-13)6-7-12(19)15-10-5-4-8-2-1-3-9(8)10/h8-10H,1-7H2,(H,15,19)(H,16,17,18)/t8-,9-,10-/m1/s1. The van der Waals surface area contributed by atoms with Crippen molar-refractivity contribution < 1.29 is 4.79 Å². The minimum atomic E-state index is 0.116. The molecule has 1 heterocycles. The van der Waals surface area contributed by atoms with Gasteiger partial charge in [0.2, 0.25) is 11.2 Å². The van der Waals surface area contributed by atoms with Gasteiger partial charge in [-0.25, -0.2) is 4.98 Å². The molecule has 2 aliphatic rings. The van der Waals surface area contributed by atoms with E-state index in [0.717, 1.165) is 18.3 Å². The van der Waals surface area contributed by atoms with Crippen LogP contribution in [0.5, 0.6) is 0 Å². The molecule has 0 aromatic carbocycles. The van der Waals surface area contributed by atoms with Gasteiger partial charge in [0.1, 0.15) is 5.82 Å². The van der Waals surface area contributed by atoms with Crippen molar-refractivity contribution in [2.75, 3.05) is 0 Å². The number of fused-ring (bicyclic) bond motifs is 1. The summed E-state index contributed by atoms with van der Waals surface area (Å²) in [4.78, 5) is 15.9. The van der Waals surface area contributed by atoms with E-state index in [-0.39, 0.29) is 11.2 Å². The Hall–Kier alpha value is -1.10. The van der Waals surface area contributed by atoms with Crippen LogP contribution in [0.25, 0.3) is 0 Å². The zero-order valence-electron chi connectivity index (χ0n) is 10.9. The SMILES string of the molecule is O=C(CCc1nc(Cl)n[nH]1)N[C@@H]1CC[C@H]2CCC[C@H]21. The van der Waals surface area contributed by atoms with E-state index in [9.17, 15) is 4.79 Å². The molecule has 1 aromatic rings. The summed E-state index contributed by atoms with van der Waals surface area (Å²) < 4.78 is 0. The van der Waals surface area contributed by atoms with Crippen molar-refractivity contribution in [2.24, 2.45) is 11.8 Å². The van der Waals surface area contributed by atoms with Crippen LogP contribution in [-0.2, 0) is 11.2 Å². The lowest BCUT2D eigenvalue weighted by atomic mass is 9.97. The highest BCUT2D eigenvalue weighted by Gasteiger charge is 2.39. The molecule has 0 bridgehead atoms. The minimum Gasteiger partial charge on any atom is -0.353 e. The molecule has 0 spiro atoms. The summed E-state index contributed by atoms with van der Waals surface area (Å²) in [7, 11) is 0. The minimum absolute atomic E-state index is 0.116. The van der Waals surface area contributed by atoms with Crippen molar-refractivity contribution in [3.63, 3.8) is 0 Å². The third-order valence-corrected chi connectivity index (χ3v) is 4.69. The molecule has 104 valence electrons. The summed E-state index contributed by atoms with van der Waals surface area (Å²) >= 11 is 5.62. The van der Waals surface area contributed by atoms with Crippen molar-refractivity contribution >= 4 is 17.5 Å². The molecule has 0 unspecified atom stereocenters. The third-order valence-electron chi connectivity index (χ3n) is 4.52. The van der Waals surface area contributed by atoms with E-state index in [1.807, 2.05) is 0 Å². The topological polar surface area (TPSA) is 70.7 Å². The average Bonchev–Trinajstić information content (AvgIpc) is 3.05. The van der Waals surface area contributed by atoms with Gasteiger partial charge in [0, 0.05) is 18.9 Å². The quantitative estimate of drug-likeness (QED) is 0.888. The molecule has 0 aliphatic heterocycles. The number of aromatic nitrogens is 3. The van der Waals surface area contributed by atoms with Crippen LogP contribution in [0.3, 0.4) is 0 Å². The molecule has 5 nitrogen and oxygen atoms in total. The van der Waals surface area contributed by atoms with Gasteiger partial charge in [-0.1, -0.05) is 12.8 Å². The van der Waals surface area contributed by atoms with Gasteiger partial charge < -0.3 is 5.32 Å². The highest BCUT2D eigenvalue weighted by atomic mass is 35.5. The Morgan fingerprint density at radius 2 is 2.26 bits per heavy atom. The van der Waals surface area contributed by atoms with Gasteiger partial charge in [-0.3, -0.25) is 9.89 Å². The van der Waals surface area contributed by atoms with E-state index in [2.05, 4.69) is 20.5 Å². The number of halogens is 1. The molecule has 0 saturated heterocycles. The summed E-state index contributed by atoms with van der Waals surface area (Å²) in [5.41, 5.74) is 0. The Bertz CT molecular complexity index is 461. The maximum absolute atomic E-state index is 12.0. The lowest BCUT2D eigenvalue weighted by molar-refractivity contribution is -0.122. The molecule has 1 aromatic heterocycles. The number of hydrogen-bond acceptors (Lipinski definition) is 3. The Morgan fingerprint density at radius 1 is 1.37 bits per heavy atom. The van der Waals surface area contributed by atoms with Crippen LogP contribution in [0.2, 0.25) is 5.28 Å². The largest absolute Gasteiger partial charge is 0.353 e. The molecule has 1 amide bonds. The zero-order chi connectivity index (χ0) is 13.2. The Morgan fingerprint density at radius 3 is 3.05 bits per heavy atom. The van der Waals surface area contributed by atoms with Crippen molar-refractivity contribution in [2.45, 2.75) is 51.0 Å². The van der Waals surface area contributed by atoms with Gasteiger partial charge in [0.25, 0.3) is 0 Å². The molecule has 6 heteroatoms. The predicted molar refractivity (Wildman–Crippen MR) is 71.7 cm³/mol. The van der Waals surface area contributed by atoms with Crippen LogP contribution in [0.15, 0.2) is 0 Å². The monoisotopic (exact) mass is 282 g/mol. The van der Waals surface area contributed by atoms with Crippen LogP contribution >= 0.6 is 11.6 Å². The first-order valence-corrected chi connectivity index (χ1v) is 7.46. The lowest BCUT2D eigenvalue weighted by Crippen LogP contribution is -2.37. The Balaban J connectivity index is 1.46. The number of aromatic amines is 1. The van der Waals surface area contributed by atoms with E-state index < -0.39 is 0 Å². The van der Waals surface area contributed by atoms with Crippen molar-refractivity contribution in [1.82, 2.24) is 20.5 Å². The number of nitrogens with one attached hydrogen (secondary N) is 2. The molecular formula is C13H19ClN4O. The first-order chi connectivity index (χ1) is 9.22. The fourth-order valence-corrected chi connectivity index (χ4v) is 3.78. The first-order valence-electron chi connectivity index (χ1n) is 7.08. The highest BCUT2D eigenvalue weighted by molar-refractivity contribution is 6.28. The normalized spacial score (nSPS) is 29.4. The molecule has 2 N–H and O–H groups in total. The van der Waals surface area contributed by atoms with E-state index in [1.165, 1.54) is 25.7 Å². The number of hydrogen-bond donors (Lipinski definition) is 2. The van der Waals surface area contributed by atoms with Crippen LogP contribution in [0.4, 0.5) is 0 Å². The molecule has 3 atom stereocenters. The van der Waals surface area contributed by atoms with Gasteiger partial charge >= 0.3 is 0 Å². The smallest absolute Gasteiger partial charge is 0.242 e. The summed E-state index contributed by atoms with van der Waals surface area (Å²) in [5.74, 6) is 2.37. The summed E-state index contributed by atoms with van der Waals surface area (Å²) in [6, 6.07) is 0.401. The third kappa shape index (κ3) is 2.91. The van der Waals surface area contributed by atoms with Crippen molar-refractivity contribution in [1.29, 1.82) is 0 Å². The highest BCUT2D eigenvalue weighted by Crippen LogP contribution is 2.43. The second kappa shape index (κ2) is 5.49. The molecule has 2 aliphatic carbocycles. The second-order valence-electron chi connectivity index (χ2n) is 5.66. The maximum Gasteiger partial charge on any atom is 0.242 e. The molecule has 19 heavy (non-hydrogen) atoms. The number of amides is 1. The molecule has 3 rings (SSSR count). The maximum atomic E-state index is 12.0. The summed E-state index contributed by atoms with van der Waals surface area (Å²) in [5, 5.41) is 9.86. The number of nitrogens with zero attached hydrogens (tertiary/aromatic N) is 2. The predicted octanol–water partition coefficient (Wildman–Crippen LogP) is 2.09. The van der Waals surface area contributed by atoms with E-state index >= 15 is 0 Å². The van der Waals surface area contributed by atoms with E-state index in [1.54, 1.807) is 0 Å². The number of carbonyl (C=O) groups excluding carboxylic acids is 1. The van der Waals surface area contributed by atoms with Crippen LogP contribution in [-0.4, -0.2) is 27.1 Å². The number of H-pyrrole nitrogens is 1. The zero-order valence-corrected chi connectivity index (χ0v) is 11.6. The lowest BCUT2D eigenvalue weighted by Gasteiger charge is -2.19.